The molecule has 0 radical (unpaired) electrons. The van der Waals surface area contributed by atoms with E-state index >= 15 is 0 Å². The second-order valence-electron chi connectivity index (χ2n) is 4.90. The van der Waals surface area contributed by atoms with Gasteiger partial charge in [0.2, 0.25) is 0 Å². The van der Waals surface area contributed by atoms with Crippen LogP contribution in [0.1, 0.15) is 30.4 Å². The zero-order valence-electron chi connectivity index (χ0n) is 10.6. The summed E-state index contributed by atoms with van der Waals surface area (Å²) in [5.41, 5.74) is 3.81. The van der Waals surface area contributed by atoms with Crippen molar-refractivity contribution in [1.29, 1.82) is 0 Å². The Balaban J connectivity index is 1.73. The SMILES string of the molecule is CC(=N[C@@H]1C[C@H]1c1ccccc1)c1ccccc1. The Morgan fingerprint density at radius 3 is 2.22 bits per heavy atom. The van der Waals surface area contributed by atoms with Gasteiger partial charge in [-0.1, -0.05) is 60.7 Å². The number of rotatable bonds is 3. The normalized spacial score (nSPS) is 22.8. The van der Waals surface area contributed by atoms with Gasteiger partial charge >= 0.3 is 0 Å². The van der Waals surface area contributed by atoms with Crippen molar-refractivity contribution in [3.63, 3.8) is 0 Å². The maximum Gasteiger partial charge on any atom is 0.0578 e. The van der Waals surface area contributed by atoms with E-state index in [-0.39, 0.29) is 0 Å². The number of benzene rings is 2. The Labute approximate surface area is 108 Å². The number of nitrogens with zero attached hydrogens (tertiary/aromatic N) is 1. The van der Waals surface area contributed by atoms with Gasteiger partial charge in [-0.15, -0.1) is 0 Å². The Bertz CT molecular complexity index is 542. The lowest BCUT2D eigenvalue weighted by Crippen LogP contribution is -1.97. The van der Waals surface area contributed by atoms with Crippen LogP contribution in [-0.4, -0.2) is 11.8 Å². The molecule has 1 fully saturated rings. The van der Waals surface area contributed by atoms with Crippen molar-refractivity contribution in [3.8, 4) is 0 Å². The molecule has 1 saturated carbocycles. The van der Waals surface area contributed by atoms with Crippen LogP contribution in [0.2, 0.25) is 0 Å². The molecule has 18 heavy (non-hydrogen) atoms. The minimum absolute atomic E-state index is 0.479. The Kier molecular flexibility index (Phi) is 2.97. The largest absolute Gasteiger partial charge is 0.285 e. The van der Waals surface area contributed by atoms with Gasteiger partial charge in [-0.3, -0.25) is 4.99 Å². The van der Waals surface area contributed by atoms with Crippen molar-refractivity contribution >= 4 is 5.71 Å². The Morgan fingerprint density at radius 1 is 0.944 bits per heavy atom. The first-order valence-electron chi connectivity index (χ1n) is 6.49. The fourth-order valence-corrected chi connectivity index (χ4v) is 2.39. The molecule has 2 aromatic rings. The van der Waals surface area contributed by atoms with Crippen LogP contribution < -0.4 is 0 Å². The third kappa shape index (κ3) is 2.35. The van der Waals surface area contributed by atoms with Crippen molar-refractivity contribution < 1.29 is 0 Å². The fraction of sp³-hybridized carbons (Fsp3) is 0.235. The van der Waals surface area contributed by atoms with Crippen molar-refractivity contribution in [2.45, 2.75) is 25.3 Å². The van der Waals surface area contributed by atoms with Gasteiger partial charge in [0, 0.05) is 11.6 Å². The molecular weight excluding hydrogens is 218 g/mol. The second kappa shape index (κ2) is 4.77. The van der Waals surface area contributed by atoms with Gasteiger partial charge in [0.1, 0.15) is 0 Å². The maximum absolute atomic E-state index is 4.83. The average Bonchev–Trinajstić information content (AvgIpc) is 3.20. The highest BCUT2D eigenvalue weighted by Gasteiger charge is 2.38. The van der Waals surface area contributed by atoms with Crippen LogP contribution in [0.4, 0.5) is 0 Å². The standard InChI is InChI=1S/C17H17N/c1-13(14-8-4-2-5-9-14)18-17-12-16(17)15-10-6-3-7-11-15/h2-11,16-17H,12H2,1H3/t16-,17+/m0/s1. The summed E-state index contributed by atoms with van der Waals surface area (Å²) in [6.07, 6.45) is 1.19. The number of hydrogen-bond acceptors (Lipinski definition) is 1. The van der Waals surface area contributed by atoms with E-state index < -0.39 is 0 Å². The van der Waals surface area contributed by atoms with E-state index in [9.17, 15) is 0 Å². The van der Waals surface area contributed by atoms with E-state index in [1.807, 2.05) is 6.07 Å². The molecule has 0 spiro atoms. The summed E-state index contributed by atoms with van der Waals surface area (Å²) in [5.74, 6) is 0.630. The first-order chi connectivity index (χ1) is 8.84. The van der Waals surface area contributed by atoms with E-state index in [0.717, 1.165) is 5.71 Å². The third-order valence-corrected chi connectivity index (χ3v) is 3.54. The van der Waals surface area contributed by atoms with Crippen LogP contribution in [0.25, 0.3) is 0 Å². The smallest absolute Gasteiger partial charge is 0.0578 e. The van der Waals surface area contributed by atoms with Crippen LogP contribution in [0.15, 0.2) is 65.7 Å². The Hall–Kier alpha value is -1.89. The summed E-state index contributed by atoms with van der Waals surface area (Å²) in [5, 5.41) is 0. The molecule has 0 amide bonds. The van der Waals surface area contributed by atoms with Crippen LogP contribution in [-0.2, 0) is 0 Å². The van der Waals surface area contributed by atoms with Crippen molar-refractivity contribution in [2.75, 3.05) is 0 Å². The summed E-state index contributed by atoms with van der Waals surface area (Å²) in [6, 6.07) is 21.6. The predicted molar refractivity (Wildman–Crippen MR) is 76.2 cm³/mol. The topological polar surface area (TPSA) is 12.4 Å². The van der Waals surface area contributed by atoms with Crippen molar-refractivity contribution in [2.24, 2.45) is 4.99 Å². The highest BCUT2D eigenvalue weighted by atomic mass is 14.9. The molecular formula is C17H17N. The van der Waals surface area contributed by atoms with Gasteiger partial charge < -0.3 is 0 Å². The summed E-state index contributed by atoms with van der Waals surface area (Å²) < 4.78 is 0. The molecule has 0 bridgehead atoms. The zero-order valence-corrected chi connectivity index (χ0v) is 10.6. The molecule has 2 aromatic carbocycles. The zero-order chi connectivity index (χ0) is 12.4. The second-order valence-corrected chi connectivity index (χ2v) is 4.90. The van der Waals surface area contributed by atoms with E-state index in [2.05, 4.69) is 61.5 Å². The van der Waals surface area contributed by atoms with Gasteiger partial charge in [-0.25, -0.2) is 0 Å². The lowest BCUT2D eigenvalue weighted by Gasteiger charge is -2.01. The van der Waals surface area contributed by atoms with Crippen LogP contribution in [0.3, 0.4) is 0 Å². The van der Waals surface area contributed by atoms with Crippen LogP contribution in [0.5, 0.6) is 0 Å². The van der Waals surface area contributed by atoms with E-state index in [0.29, 0.717) is 12.0 Å². The van der Waals surface area contributed by atoms with Crippen molar-refractivity contribution in [1.82, 2.24) is 0 Å². The molecule has 0 unspecified atom stereocenters. The molecule has 0 aliphatic heterocycles. The van der Waals surface area contributed by atoms with Gasteiger partial charge in [-0.2, -0.15) is 0 Å². The highest BCUT2D eigenvalue weighted by molar-refractivity contribution is 5.98. The summed E-state index contributed by atoms with van der Waals surface area (Å²) >= 11 is 0. The first kappa shape index (κ1) is 11.2. The lowest BCUT2D eigenvalue weighted by atomic mass is 10.1. The van der Waals surface area contributed by atoms with E-state index in [1.54, 1.807) is 0 Å². The summed E-state index contributed by atoms with van der Waals surface area (Å²) in [7, 11) is 0. The van der Waals surface area contributed by atoms with Crippen LogP contribution in [0, 0.1) is 0 Å². The number of hydrogen-bond donors (Lipinski definition) is 0. The molecule has 1 heteroatoms. The summed E-state index contributed by atoms with van der Waals surface area (Å²) in [6.45, 7) is 2.11. The third-order valence-electron chi connectivity index (χ3n) is 3.54. The van der Waals surface area contributed by atoms with Crippen LogP contribution >= 0.6 is 0 Å². The highest BCUT2D eigenvalue weighted by Crippen LogP contribution is 2.43. The molecule has 0 heterocycles. The molecule has 1 aliphatic rings. The summed E-state index contributed by atoms with van der Waals surface area (Å²) in [4.78, 5) is 4.83. The monoisotopic (exact) mass is 235 g/mol. The molecule has 0 saturated heterocycles. The van der Waals surface area contributed by atoms with Gasteiger partial charge in [-0.05, 0) is 24.5 Å². The fourth-order valence-electron chi connectivity index (χ4n) is 2.39. The lowest BCUT2D eigenvalue weighted by molar-refractivity contribution is 0.988. The molecule has 0 aromatic heterocycles. The quantitative estimate of drug-likeness (QED) is 0.712. The molecule has 1 aliphatic carbocycles. The average molecular weight is 235 g/mol. The minimum Gasteiger partial charge on any atom is -0.285 e. The molecule has 1 nitrogen and oxygen atoms in total. The van der Waals surface area contributed by atoms with Gasteiger partial charge in [0.05, 0.1) is 6.04 Å². The molecule has 90 valence electrons. The maximum atomic E-state index is 4.83. The van der Waals surface area contributed by atoms with E-state index in [4.69, 9.17) is 4.99 Å². The van der Waals surface area contributed by atoms with Gasteiger partial charge in [0.15, 0.2) is 0 Å². The molecule has 3 rings (SSSR count). The predicted octanol–water partition coefficient (Wildman–Crippen LogP) is 4.05. The first-order valence-corrected chi connectivity index (χ1v) is 6.49. The van der Waals surface area contributed by atoms with Gasteiger partial charge in [0.25, 0.3) is 0 Å². The Morgan fingerprint density at radius 2 is 1.56 bits per heavy atom. The van der Waals surface area contributed by atoms with Crippen molar-refractivity contribution in [3.05, 3.63) is 71.8 Å². The molecule has 0 N–H and O–H groups in total. The molecule has 2 atom stereocenters. The van der Waals surface area contributed by atoms with E-state index in [1.165, 1.54) is 17.5 Å². The minimum atomic E-state index is 0.479. The number of aliphatic imine (C=N–C) groups is 1.